The molecule has 19 nitrogen and oxygen atoms in total. The summed E-state index contributed by atoms with van der Waals surface area (Å²) in [5.41, 5.74) is 31.8. The summed E-state index contributed by atoms with van der Waals surface area (Å²) in [6, 6.07) is 3.77. The van der Waals surface area contributed by atoms with Crippen molar-refractivity contribution in [1.82, 2.24) is 16.0 Å². The number of carboxylic acid groups (broad SMARTS) is 1. The van der Waals surface area contributed by atoms with Gasteiger partial charge in [0.15, 0.2) is 11.9 Å². The fourth-order valence-corrected chi connectivity index (χ4v) is 4.01. The predicted octanol–water partition coefficient (Wildman–Crippen LogP) is -3.65. The molecule has 5 amide bonds. The Morgan fingerprint density at radius 2 is 1.15 bits per heavy atom. The lowest BCUT2D eigenvalue weighted by Crippen LogP contribution is -2.48. The van der Waals surface area contributed by atoms with Gasteiger partial charge in [-0.1, -0.05) is 30.3 Å². The highest BCUT2D eigenvalue weighted by molar-refractivity contribution is 6.21. The molecule has 0 fully saturated rings. The van der Waals surface area contributed by atoms with Crippen LogP contribution in [0.4, 0.5) is 0 Å². The van der Waals surface area contributed by atoms with E-state index in [2.05, 4.69) is 25.9 Å². The van der Waals surface area contributed by atoms with Crippen LogP contribution in [-0.2, 0) is 28.8 Å². The standard InChI is InChI=1S/C27H41N11O8/c28-23(44)16(9-5-11-35-27(32)33)38-25(46)21(14-6-2-1-3-7-14)22(43)15(8-4-10-34-26(30)31)36-18(39)13-19(40)37-17(24(29)45)12-20(41)42/h1-3,6-7,15-17,43H,4-5,8-13H2,(H2,28,44)(H2,29,45)(H,36,39)(H,37,40)(H,38,46)(H,41,42)(H4,30,31,34)(H4,32,33,35)/b22-21-/t15-,16-,17-/m0/s1. The van der Waals surface area contributed by atoms with Gasteiger partial charge >= 0.3 is 5.97 Å². The van der Waals surface area contributed by atoms with Gasteiger partial charge in [-0.05, 0) is 31.2 Å². The Morgan fingerprint density at radius 3 is 1.61 bits per heavy atom. The van der Waals surface area contributed by atoms with E-state index in [1.807, 2.05) is 0 Å². The van der Waals surface area contributed by atoms with Crippen LogP contribution < -0.4 is 50.4 Å². The Kier molecular flexibility index (Phi) is 16.1. The van der Waals surface area contributed by atoms with Gasteiger partial charge in [0, 0.05) is 13.1 Å². The van der Waals surface area contributed by atoms with Gasteiger partial charge in [-0.25, -0.2) is 0 Å². The molecule has 1 aromatic rings. The molecule has 0 saturated heterocycles. The number of hydrogen-bond acceptors (Lipinski definition) is 9. The number of benzene rings is 1. The number of hydrogen-bond donors (Lipinski definition) is 11. The minimum atomic E-state index is -1.58. The van der Waals surface area contributed by atoms with Crippen LogP contribution in [-0.4, -0.2) is 88.9 Å². The normalized spacial score (nSPS) is 13.0. The molecular weight excluding hydrogens is 606 g/mol. The zero-order chi connectivity index (χ0) is 34.8. The van der Waals surface area contributed by atoms with E-state index in [9.17, 15) is 33.9 Å². The monoisotopic (exact) mass is 647 g/mol. The maximum atomic E-state index is 13.6. The van der Waals surface area contributed by atoms with E-state index in [0.717, 1.165) is 0 Å². The smallest absolute Gasteiger partial charge is 0.305 e. The third kappa shape index (κ3) is 14.5. The van der Waals surface area contributed by atoms with Gasteiger partial charge in [0.05, 0.1) is 18.0 Å². The van der Waals surface area contributed by atoms with Gasteiger partial charge < -0.3 is 60.6 Å². The van der Waals surface area contributed by atoms with Gasteiger partial charge in [0.2, 0.25) is 23.6 Å². The second kappa shape index (κ2) is 19.4. The van der Waals surface area contributed by atoms with Crippen LogP contribution in [0.3, 0.4) is 0 Å². The summed E-state index contributed by atoms with van der Waals surface area (Å²) in [6.45, 7) is 0.229. The van der Waals surface area contributed by atoms with Gasteiger partial charge in [0.1, 0.15) is 24.3 Å². The average Bonchev–Trinajstić information content (AvgIpc) is 2.95. The van der Waals surface area contributed by atoms with E-state index in [0.29, 0.717) is 0 Å². The number of amides is 5. The highest BCUT2D eigenvalue weighted by Gasteiger charge is 2.29. The van der Waals surface area contributed by atoms with Crippen molar-refractivity contribution in [2.75, 3.05) is 13.1 Å². The van der Waals surface area contributed by atoms with E-state index >= 15 is 0 Å². The maximum absolute atomic E-state index is 13.6. The molecule has 0 bridgehead atoms. The molecule has 0 aliphatic rings. The molecule has 252 valence electrons. The summed E-state index contributed by atoms with van der Waals surface area (Å²) < 4.78 is 0. The molecule has 0 saturated carbocycles. The fourth-order valence-electron chi connectivity index (χ4n) is 4.01. The van der Waals surface area contributed by atoms with E-state index in [-0.39, 0.29) is 61.8 Å². The summed E-state index contributed by atoms with van der Waals surface area (Å²) in [5, 5.41) is 27.4. The molecule has 46 heavy (non-hydrogen) atoms. The first-order valence-electron chi connectivity index (χ1n) is 13.9. The van der Waals surface area contributed by atoms with Crippen LogP contribution in [0.5, 0.6) is 0 Å². The number of rotatable bonds is 20. The molecule has 0 radical (unpaired) electrons. The number of aliphatic hydroxyl groups is 1. The van der Waals surface area contributed by atoms with Crippen LogP contribution in [0.25, 0.3) is 5.57 Å². The average molecular weight is 648 g/mol. The Hall–Kier alpha value is -5.88. The van der Waals surface area contributed by atoms with Crippen molar-refractivity contribution in [3.05, 3.63) is 41.7 Å². The Bertz CT molecular complexity index is 1340. The first kappa shape index (κ1) is 38.1. The van der Waals surface area contributed by atoms with Gasteiger partial charge in [-0.2, -0.15) is 0 Å². The van der Waals surface area contributed by atoms with Crippen molar-refractivity contribution in [2.24, 2.45) is 44.4 Å². The van der Waals surface area contributed by atoms with Gasteiger partial charge in [-0.15, -0.1) is 0 Å². The zero-order valence-electron chi connectivity index (χ0n) is 25.0. The molecule has 3 atom stereocenters. The Balaban J connectivity index is 3.39. The molecule has 17 N–H and O–H groups in total. The third-order valence-corrected chi connectivity index (χ3v) is 6.13. The number of primary amides is 2. The zero-order valence-corrected chi connectivity index (χ0v) is 25.0. The fraction of sp³-hybridized carbons (Fsp3) is 0.407. The predicted molar refractivity (Wildman–Crippen MR) is 167 cm³/mol. The minimum Gasteiger partial charge on any atom is -0.509 e. The van der Waals surface area contributed by atoms with Crippen LogP contribution in [0.15, 0.2) is 46.1 Å². The molecule has 0 heterocycles. The molecule has 0 aliphatic heterocycles. The minimum absolute atomic E-state index is 0.0414. The molecule has 0 unspecified atom stereocenters. The number of nitrogens with one attached hydrogen (secondary N) is 3. The number of aliphatic carboxylic acids is 1. The molecule has 19 heteroatoms. The topological polar surface area (TPSA) is 360 Å². The highest BCUT2D eigenvalue weighted by atomic mass is 16.4. The molecule has 0 aromatic heterocycles. The van der Waals surface area contributed by atoms with E-state index in [1.54, 1.807) is 18.2 Å². The molecule has 0 aliphatic carbocycles. The highest BCUT2D eigenvalue weighted by Crippen LogP contribution is 2.23. The number of carbonyl (C=O) groups excluding carboxylic acids is 5. The lowest BCUT2D eigenvalue weighted by Gasteiger charge is -2.23. The summed E-state index contributed by atoms with van der Waals surface area (Å²) in [6.07, 6.45) is -1.23. The number of aliphatic hydroxyl groups excluding tert-OH is 1. The lowest BCUT2D eigenvalue weighted by atomic mass is 9.97. The second-order valence-electron chi connectivity index (χ2n) is 9.87. The maximum Gasteiger partial charge on any atom is 0.305 e. The van der Waals surface area contributed by atoms with E-state index in [4.69, 9.17) is 39.5 Å². The molecule has 1 aromatic carbocycles. The largest absolute Gasteiger partial charge is 0.509 e. The van der Waals surface area contributed by atoms with Crippen molar-refractivity contribution in [2.45, 2.75) is 56.7 Å². The summed E-state index contributed by atoms with van der Waals surface area (Å²) in [7, 11) is 0. The number of nitrogens with zero attached hydrogens (tertiary/aromatic N) is 2. The molecular formula is C27H41N11O8. The SMILES string of the molecule is NC(=O)[C@H](CC(=O)O)NC(=O)CC(=O)N[C@@H](CCCN=C(N)N)/C(O)=C(/C(=O)N[C@@H](CCCN=C(N)N)C(N)=O)c1ccccc1. The van der Waals surface area contributed by atoms with E-state index < -0.39 is 72.2 Å². The van der Waals surface area contributed by atoms with Gasteiger partial charge in [-0.3, -0.25) is 38.8 Å². The van der Waals surface area contributed by atoms with E-state index in [1.165, 1.54) is 12.1 Å². The van der Waals surface area contributed by atoms with Gasteiger partial charge in [0.25, 0.3) is 5.91 Å². The summed E-state index contributed by atoms with van der Waals surface area (Å²) >= 11 is 0. The third-order valence-electron chi connectivity index (χ3n) is 6.13. The number of guanidine groups is 2. The number of nitrogens with two attached hydrogens (primary N) is 6. The quantitative estimate of drug-likeness (QED) is 0.0163. The van der Waals surface area contributed by atoms with Crippen molar-refractivity contribution < 1.29 is 39.0 Å². The molecule has 0 spiro atoms. The van der Waals surface area contributed by atoms with Crippen molar-refractivity contribution >= 4 is 53.0 Å². The lowest BCUT2D eigenvalue weighted by molar-refractivity contribution is -0.140. The summed E-state index contributed by atoms with van der Waals surface area (Å²) in [5.74, 6) is -7.30. The van der Waals surface area contributed by atoms with Crippen molar-refractivity contribution in [1.29, 1.82) is 0 Å². The van der Waals surface area contributed by atoms with Crippen molar-refractivity contribution in [3.63, 3.8) is 0 Å². The summed E-state index contributed by atoms with van der Waals surface area (Å²) in [4.78, 5) is 81.1. The van der Waals surface area contributed by atoms with Crippen molar-refractivity contribution in [3.8, 4) is 0 Å². The van der Waals surface area contributed by atoms with Crippen LogP contribution in [0, 0.1) is 0 Å². The molecule has 1 rings (SSSR count). The first-order valence-corrected chi connectivity index (χ1v) is 13.9. The number of carbonyl (C=O) groups is 6. The Labute approximate surface area is 263 Å². The second-order valence-corrected chi connectivity index (χ2v) is 9.87. The number of carboxylic acids is 1. The number of aliphatic imine (C=N–C) groups is 2. The van der Waals surface area contributed by atoms with Crippen LogP contribution in [0.2, 0.25) is 0 Å². The van der Waals surface area contributed by atoms with Crippen LogP contribution >= 0.6 is 0 Å². The Morgan fingerprint density at radius 1 is 0.674 bits per heavy atom. The van der Waals surface area contributed by atoms with Crippen LogP contribution in [0.1, 0.15) is 44.1 Å². The first-order chi connectivity index (χ1) is 21.6.